The fourth-order valence-electron chi connectivity index (χ4n) is 3.17. The van der Waals surface area contributed by atoms with Crippen molar-refractivity contribution in [3.8, 4) is 0 Å². The van der Waals surface area contributed by atoms with Crippen molar-refractivity contribution >= 4 is 23.5 Å². The first-order valence-corrected chi connectivity index (χ1v) is 10.7. The zero-order chi connectivity index (χ0) is 25.5. The second-order valence-electron chi connectivity index (χ2n) is 8.32. The number of alkyl halides is 3. The van der Waals surface area contributed by atoms with Gasteiger partial charge in [-0.15, -0.1) is 0 Å². The van der Waals surface area contributed by atoms with Gasteiger partial charge in [0.1, 0.15) is 18.0 Å². The summed E-state index contributed by atoms with van der Waals surface area (Å²) >= 11 is 0. The molecule has 0 spiro atoms. The lowest BCUT2D eigenvalue weighted by molar-refractivity contribution is -0.192. The zero-order valence-corrected chi connectivity index (χ0v) is 19.6. The topological polar surface area (TPSA) is 112 Å². The molecule has 0 saturated carbocycles. The van der Waals surface area contributed by atoms with Gasteiger partial charge in [0, 0.05) is 52.0 Å². The van der Waals surface area contributed by atoms with Crippen LogP contribution in [0.25, 0.3) is 0 Å². The summed E-state index contributed by atoms with van der Waals surface area (Å²) in [5.74, 6) is -0.681. The highest BCUT2D eigenvalue weighted by molar-refractivity contribution is 5.98. The number of hydrogen-bond donors (Lipinski definition) is 2. The van der Waals surface area contributed by atoms with Gasteiger partial charge >= 0.3 is 12.1 Å². The number of nitrogens with zero attached hydrogens (tertiary/aromatic N) is 5. The van der Waals surface area contributed by atoms with Crippen LogP contribution in [0.1, 0.15) is 35.5 Å². The van der Waals surface area contributed by atoms with E-state index in [9.17, 15) is 18.0 Å². The molecular weight excluding hydrogens is 453 g/mol. The van der Waals surface area contributed by atoms with Crippen LogP contribution in [0.4, 0.5) is 24.8 Å². The number of nitrogens with one attached hydrogen (secondary N) is 1. The van der Waals surface area contributed by atoms with Crippen LogP contribution in [-0.4, -0.2) is 76.7 Å². The molecular formula is C22H29F3N6O3. The summed E-state index contributed by atoms with van der Waals surface area (Å²) in [5, 5.41) is 10.5. The molecule has 12 heteroatoms. The molecule has 0 radical (unpaired) electrons. The van der Waals surface area contributed by atoms with E-state index in [1.807, 2.05) is 12.1 Å². The minimum absolute atomic E-state index is 0.0199. The van der Waals surface area contributed by atoms with Gasteiger partial charge in [0.2, 0.25) is 0 Å². The Morgan fingerprint density at radius 2 is 1.88 bits per heavy atom. The fraction of sp³-hybridized carbons (Fsp3) is 0.500. The van der Waals surface area contributed by atoms with Crippen molar-refractivity contribution in [1.82, 2.24) is 19.9 Å². The number of rotatable bonds is 5. The van der Waals surface area contributed by atoms with Crippen molar-refractivity contribution < 1.29 is 27.9 Å². The number of carbonyl (C=O) groups excluding carboxylic acids is 1. The van der Waals surface area contributed by atoms with E-state index in [0.29, 0.717) is 17.3 Å². The highest BCUT2D eigenvalue weighted by Gasteiger charge is 2.38. The summed E-state index contributed by atoms with van der Waals surface area (Å²) in [6, 6.07) is 3.96. The van der Waals surface area contributed by atoms with E-state index >= 15 is 0 Å². The van der Waals surface area contributed by atoms with Gasteiger partial charge in [0.15, 0.2) is 0 Å². The van der Waals surface area contributed by atoms with Crippen molar-refractivity contribution in [2.75, 3.05) is 43.9 Å². The molecule has 34 heavy (non-hydrogen) atoms. The van der Waals surface area contributed by atoms with Crippen LogP contribution in [0.15, 0.2) is 24.7 Å². The van der Waals surface area contributed by atoms with Crippen LogP contribution in [0.3, 0.4) is 0 Å². The van der Waals surface area contributed by atoms with Gasteiger partial charge in [-0.3, -0.25) is 4.79 Å². The first-order chi connectivity index (χ1) is 15.9. The Morgan fingerprint density at radius 1 is 1.24 bits per heavy atom. The lowest BCUT2D eigenvalue weighted by atomic mass is 10.0. The predicted molar refractivity (Wildman–Crippen MR) is 121 cm³/mol. The molecule has 2 aromatic rings. The quantitative estimate of drug-likeness (QED) is 0.669. The van der Waals surface area contributed by atoms with Crippen LogP contribution in [0.5, 0.6) is 0 Å². The minimum Gasteiger partial charge on any atom is -0.475 e. The molecule has 2 aromatic heterocycles. The standard InChI is InChI=1S/C20H28N6O.C2HF3O2/c1-14(2)12-22-19-16(20(27)25(3)4)11-15-6-9-26(10-7-17(15)24-19)18-5-8-21-13-23-18;3-2(4,5)1(6)7/h5,8,11,13-14H,6-7,9-10,12H2,1-4H3,(H,22,24);(H,6,7). The summed E-state index contributed by atoms with van der Waals surface area (Å²) in [6.07, 6.45) is -0.0789. The van der Waals surface area contributed by atoms with Crippen molar-refractivity contribution in [3.63, 3.8) is 0 Å². The third-order valence-corrected chi connectivity index (χ3v) is 4.91. The average molecular weight is 483 g/mol. The number of halogens is 3. The van der Waals surface area contributed by atoms with Crippen LogP contribution in [0, 0.1) is 5.92 Å². The van der Waals surface area contributed by atoms with Crippen molar-refractivity contribution in [1.29, 1.82) is 0 Å². The van der Waals surface area contributed by atoms with E-state index in [0.717, 1.165) is 49.6 Å². The molecule has 186 valence electrons. The molecule has 0 fully saturated rings. The number of amides is 1. The summed E-state index contributed by atoms with van der Waals surface area (Å²) in [5.41, 5.74) is 2.86. The van der Waals surface area contributed by atoms with Gasteiger partial charge < -0.3 is 20.2 Å². The number of anilines is 2. The number of carboxylic acid groups (broad SMARTS) is 1. The first kappa shape index (κ1) is 26.8. The average Bonchev–Trinajstić information content (AvgIpc) is 2.99. The Kier molecular flexibility index (Phi) is 9.16. The normalized spacial score (nSPS) is 13.4. The molecule has 2 N–H and O–H groups in total. The van der Waals surface area contributed by atoms with Gasteiger partial charge in [-0.25, -0.2) is 19.7 Å². The number of carbonyl (C=O) groups is 2. The zero-order valence-electron chi connectivity index (χ0n) is 19.6. The van der Waals surface area contributed by atoms with Crippen LogP contribution < -0.4 is 10.2 Å². The molecule has 3 heterocycles. The number of fused-ring (bicyclic) bond motifs is 1. The van der Waals surface area contributed by atoms with E-state index in [4.69, 9.17) is 14.9 Å². The van der Waals surface area contributed by atoms with Crippen molar-refractivity contribution in [2.45, 2.75) is 32.9 Å². The van der Waals surface area contributed by atoms with E-state index < -0.39 is 12.1 Å². The Morgan fingerprint density at radius 3 is 2.41 bits per heavy atom. The lowest BCUT2D eigenvalue weighted by Crippen LogP contribution is -2.26. The van der Waals surface area contributed by atoms with Crippen molar-refractivity contribution in [3.05, 3.63) is 41.5 Å². The van der Waals surface area contributed by atoms with E-state index in [2.05, 4.69) is 34.0 Å². The highest BCUT2D eigenvalue weighted by Crippen LogP contribution is 2.24. The predicted octanol–water partition coefficient (Wildman–Crippen LogP) is 2.88. The number of carboxylic acids is 1. The highest BCUT2D eigenvalue weighted by atomic mass is 19.4. The Balaban J connectivity index is 0.000000509. The minimum atomic E-state index is -5.08. The third kappa shape index (κ3) is 7.56. The Bertz CT molecular complexity index is 984. The first-order valence-electron chi connectivity index (χ1n) is 10.7. The third-order valence-electron chi connectivity index (χ3n) is 4.91. The van der Waals surface area contributed by atoms with Gasteiger partial charge in [-0.05, 0) is 30.0 Å². The smallest absolute Gasteiger partial charge is 0.475 e. The molecule has 3 rings (SSSR count). The van der Waals surface area contributed by atoms with Gasteiger partial charge in [0.25, 0.3) is 5.91 Å². The second kappa shape index (κ2) is 11.6. The molecule has 9 nitrogen and oxygen atoms in total. The Labute approximate surface area is 196 Å². The molecule has 0 bridgehead atoms. The molecule has 0 aromatic carbocycles. The van der Waals surface area contributed by atoms with Gasteiger partial charge in [-0.2, -0.15) is 13.2 Å². The number of aromatic nitrogens is 3. The van der Waals surface area contributed by atoms with E-state index in [-0.39, 0.29) is 5.91 Å². The SMILES string of the molecule is CC(C)CNc1nc2c(cc1C(=O)N(C)C)CCN(c1ccncn1)CC2.O=C(O)C(F)(F)F. The maximum atomic E-state index is 12.7. The van der Waals surface area contributed by atoms with Crippen LogP contribution in [-0.2, 0) is 17.6 Å². The molecule has 0 unspecified atom stereocenters. The van der Waals surface area contributed by atoms with E-state index in [1.54, 1.807) is 31.5 Å². The largest absolute Gasteiger partial charge is 0.490 e. The summed E-state index contributed by atoms with van der Waals surface area (Å²) in [4.78, 5) is 38.7. The number of hydrogen-bond acceptors (Lipinski definition) is 7. The lowest BCUT2D eigenvalue weighted by Gasteiger charge is -2.20. The number of pyridine rings is 1. The van der Waals surface area contributed by atoms with Crippen molar-refractivity contribution in [2.24, 2.45) is 5.92 Å². The summed E-state index contributed by atoms with van der Waals surface area (Å²) in [7, 11) is 3.55. The number of aliphatic carboxylic acids is 1. The van der Waals surface area contributed by atoms with E-state index in [1.165, 1.54) is 0 Å². The van der Waals surface area contributed by atoms with Gasteiger partial charge in [0.05, 0.1) is 5.56 Å². The monoisotopic (exact) mass is 482 g/mol. The molecule has 0 atom stereocenters. The molecule has 0 aliphatic carbocycles. The van der Waals surface area contributed by atoms with Crippen LogP contribution >= 0.6 is 0 Å². The maximum absolute atomic E-state index is 12.7. The summed E-state index contributed by atoms with van der Waals surface area (Å²) in [6.45, 7) is 6.77. The fourth-order valence-corrected chi connectivity index (χ4v) is 3.17. The molecule has 1 amide bonds. The summed E-state index contributed by atoms with van der Waals surface area (Å²) < 4.78 is 31.7. The maximum Gasteiger partial charge on any atom is 0.490 e. The molecule has 1 aliphatic heterocycles. The second-order valence-corrected chi connectivity index (χ2v) is 8.32. The Hall–Kier alpha value is -3.44. The molecule has 0 saturated heterocycles. The van der Waals surface area contributed by atoms with Gasteiger partial charge in [-0.1, -0.05) is 13.8 Å². The van der Waals surface area contributed by atoms with Crippen LogP contribution in [0.2, 0.25) is 0 Å². The molecule has 1 aliphatic rings.